The van der Waals surface area contributed by atoms with Crippen molar-refractivity contribution in [2.24, 2.45) is 0 Å². The van der Waals surface area contributed by atoms with Gasteiger partial charge in [-0.1, -0.05) is 32.0 Å². The van der Waals surface area contributed by atoms with E-state index in [0.29, 0.717) is 12.5 Å². The summed E-state index contributed by atoms with van der Waals surface area (Å²) >= 11 is 0. The van der Waals surface area contributed by atoms with Gasteiger partial charge in [-0.15, -0.1) is 0 Å². The predicted molar refractivity (Wildman–Crippen MR) is 82.1 cm³/mol. The van der Waals surface area contributed by atoms with E-state index in [1.807, 2.05) is 12.1 Å². The second kappa shape index (κ2) is 8.66. The molecule has 1 N–H and O–H groups in total. The number of para-hydroxylation sites is 1. The van der Waals surface area contributed by atoms with E-state index in [1.165, 1.54) is 0 Å². The van der Waals surface area contributed by atoms with Crippen molar-refractivity contribution in [1.82, 2.24) is 10.2 Å². The molecule has 0 aliphatic carbocycles. The zero-order valence-electron chi connectivity index (χ0n) is 12.6. The molecule has 1 unspecified atom stereocenters. The fourth-order valence-electron chi connectivity index (χ4n) is 2.29. The Morgan fingerprint density at radius 2 is 1.95 bits per heavy atom. The maximum Gasteiger partial charge on any atom is 0.272 e. The molecule has 0 aliphatic rings. The van der Waals surface area contributed by atoms with Crippen LogP contribution < -0.4 is 5.32 Å². The Bertz CT molecular complexity index is 419. The van der Waals surface area contributed by atoms with Gasteiger partial charge in [0.25, 0.3) is 5.69 Å². The number of nitrogens with one attached hydrogen (secondary N) is 1. The zero-order chi connectivity index (χ0) is 15.0. The quantitative estimate of drug-likeness (QED) is 0.557. The van der Waals surface area contributed by atoms with E-state index in [-0.39, 0.29) is 10.6 Å². The van der Waals surface area contributed by atoms with Gasteiger partial charge in [0.15, 0.2) is 0 Å². The molecular formula is C15H25N3O2. The summed E-state index contributed by atoms with van der Waals surface area (Å²) < 4.78 is 0. The lowest BCUT2D eigenvalue weighted by molar-refractivity contribution is -0.385. The Morgan fingerprint density at radius 1 is 1.30 bits per heavy atom. The first-order valence-corrected chi connectivity index (χ1v) is 7.26. The minimum atomic E-state index is -0.311. The number of nitro benzene ring substituents is 1. The highest BCUT2D eigenvalue weighted by molar-refractivity contribution is 5.39. The van der Waals surface area contributed by atoms with Crippen LogP contribution in [-0.4, -0.2) is 42.0 Å². The number of hydrogen-bond acceptors (Lipinski definition) is 4. The van der Waals surface area contributed by atoms with Gasteiger partial charge in [-0.05, 0) is 33.0 Å². The first-order chi connectivity index (χ1) is 9.58. The largest absolute Gasteiger partial charge is 0.313 e. The molecule has 0 fully saturated rings. The topological polar surface area (TPSA) is 58.4 Å². The standard InChI is InChI=1S/C15H25N3O2/c1-4-17(5-2)12-13(3)16-11-10-14-8-6-7-9-15(14)18(19)20/h6-9,13,16H,4-5,10-12H2,1-3H3. The minimum absolute atomic E-state index is 0.214. The van der Waals surface area contributed by atoms with Crippen molar-refractivity contribution in [1.29, 1.82) is 0 Å². The van der Waals surface area contributed by atoms with E-state index in [9.17, 15) is 10.1 Å². The summed E-state index contributed by atoms with van der Waals surface area (Å²) in [6.07, 6.45) is 0.680. The summed E-state index contributed by atoms with van der Waals surface area (Å²) in [6.45, 7) is 10.3. The third kappa shape index (κ3) is 5.27. The molecule has 0 bridgehead atoms. The SMILES string of the molecule is CCN(CC)CC(C)NCCc1ccccc1[N+](=O)[O-]. The Kier molecular flexibility index (Phi) is 7.18. The summed E-state index contributed by atoms with van der Waals surface area (Å²) in [4.78, 5) is 13.0. The van der Waals surface area contributed by atoms with E-state index in [2.05, 4.69) is 31.0 Å². The van der Waals surface area contributed by atoms with Gasteiger partial charge in [-0.25, -0.2) is 0 Å². The lowest BCUT2D eigenvalue weighted by Crippen LogP contribution is -2.39. The second-order valence-electron chi connectivity index (χ2n) is 4.98. The van der Waals surface area contributed by atoms with E-state index in [4.69, 9.17) is 0 Å². The number of nitrogens with zero attached hydrogens (tertiary/aromatic N) is 2. The van der Waals surface area contributed by atoms with Gasteiger partial charge in [0.05, 0.1) is 4.92 Å². The maximum absolute atomic E-state index is 10.9. The zero-order valence-corrected chi connectivity index (χ0v) is 12.6. The molecule has 1 rings (SSSR count). The number of rotatable bonds is 9. The van der Waals surface area contributed by atoms with Gasteiger partial charge in [-0.2, -0.15) is 0 Å². The van der Waals surface area contributed by atoms with E-state index < -0.39 is 0 Å². The van der Waals surface area contributed by atoms with Crippen molar-refractivity contribution in [3.8, 4) is 0 Å². The third-order valence-corrected chi connectivity index (χ3v) is 3.50. The molecule has 5 nitrogen and oxygen atoms in total. The van der Waals surface area contributed by atoms with Crippen LogP contribution in [0.4, 0.5) is 5.69 Å². The Labute approximate surface area is 121 Å². The summed E-state index contributed by atoms with van der Waals surface area (Å²) in [7, 11) is 0. The molecule has 0 amide bonds. The average molecular weight is 279 g/mol. The Morgan fingerprint density at radius 3 is 2.55 bits per heavy atom. The summed E-state index contributed by atoms with van der Waals surface area (Å²) in [5.41, 5.74) is 1.01. The van der Waals surface area contributed by atoms with Crippen LogP contribution in [0.1, 0.15) is 26.3 Å². The number of nitro groups is 1. The molecule has 1 aromatic carbocycles. The molecule has 1 atom stereocenters. The third-order valence-electron chi connectivity index (χ3n) is 3.50. The van der Waals surface area contributed by atoms with Gasteiger partial charge in [0.2, 0.25) is 0 Å². The van der Waals surface area contributed by atoms with Crippen LogP contribution in [-0.2, 0) is 6.42 Å². The van der Waals surface area contributed by atoms with Crippen LogP contribution in [0.2, 0.25) is 0 Å². The monoisotopic (exact) mass is 279 g/mol. The molecule has 1 aromatic rings. The van der Waals surface area contributed by atoms with E-state index in [0.717, 1.165) is 31.7 Å². The van der Waals surface area contributed by atoms with Crippen LogP contribution in [0, 0.1) is 10.1 Å². The van der Waals surface area contributed by atoms with Crippen LogP contribution >= 0.6 is 0 Å². The first-order valence-electron chi connectivity index (χ1n) is 7.26. The molecule has 5 heteroatoms. The smallest absolute Gasteiger partial charge is 0.272 e. The second-order valence-corrected chi connectivity index (χ2v) is 4.98. The Balaban J connectivity index is 2.43. The molecular weight excluding hydrogens is 254 g/mol. The summed E-state index contributed by atoms with van der Waals surface area (Å²) in [5, 5.41) is 14.4. The van der Waals surface area contributed by atoms with Crippen molar-refractivity contribution >= 4 is 5.69 Å². The molecule has 0 spiro atoms. The highest BCUT2D eigenvalue weighted by Gasteiger charge is 2.12. The van der Waals surface area contributed by atoms with Crippen LogP contribution in [0.25, 0.3) is 0 Å². The van der Waals surface area contributed by atoms with Gasteiger partial charge in [0, 0.05) is 24.2 Å². The van der Waals surface area contributed by atoms with Gasteiger partial charge >= 0.3 is 0 Å². The molecule has 0 heterocycles. The fourth-order valence-corrected chi connectivity index (χ4v) is 2.29. The van der Waals surface area contributed by atoms with Gasteiger partial charge < -0.3 is 10.2 Å². The normalized spacial score (nSPS) is 12.6. The molecule has 112 valence electrons. The fraction of sp³-hybridized carbons (Fsp3) is 0.600. The number of benzene rings is 1. The molecule has 0 aromatic heterocycles. The molecule has 0 saturated heterocycles. The molecule has 0 saturated carbocycles. The average Bonchev–Trinajstić information content (AvgIpc) is 2.45. The minimum Gasteiger partial charge on any atom is -0.313 e. The van der Waals surface area contributed by atoms with Crippen molar-refractivity contribution in [2.75, 3.05) is 26.2 Å². The van der Waals surface area contributed by atoms with Crippen molar-refractivity contribution in [2.45, 2.75) is 33.2 Å². The molecule has 0 radical (unpaired) electrons. The highest BCUT2D eigenvalue weighted by Crippen LogP contribution is 2.17. The Hall–Kier alpha value is -1.46. The van der Waals surface area contributed by atoms with Crippen molar-refractivity contribution in [3.63, 3.8) is 0 Å². The molecule has 0 aliphatic heterocycles. The van der Waals surface area contributed by atoms with Gasteiger partial charge in [-0.3, -0.25) is 10.1 Å². The van der Waals surface area contributed by atoms with Crippen molar-refractivity contribution < 1.29 is 4.92 Å². The lowest BCUT2D eigenvalue weighted by Gasteiger charge is -2.23. The van der Waals surface area contributed by atoms with Crippen molar-refractivity contribution in [3.05, 3.63) is 39.9 Å². The maximum atomic E-state index is 10.9. The highest BCUT2D eigenvalue weighted by atomic mass is 16.6. The van der Waals surface area contributed by atoms with E-state index >= 15 is 0 Å². The van der Waals surface area contributed by atoms with E-state index in [1.54, 1.807) is 12.1 Å². The van der Waals surface area contributed by atoms with Crippen LogP contribution in [0.5, 0.6) is 0 Å². The number of likely N-dealkylation sites (N-methyl/N-ethyl adjacent to an activating group) is 1. The lowest BCUT2D eigenvalue weighted by atomic mass is 10.1. The van der Waals surface area contributed by atoms with Gasteiger partial charge in [0.1, 0.15) is 0 Å². The first kappa shape index (κ1) is 16.6. The summed E-state index contributed by atoms with van der Waals surface area (Å²) in [6, 6.07) is 7.33. The van der Waals surface area contributed by atoms with Crippen LogP contribution in [0.3, 0.4) is 0 Å². The summed E-state index contributed by atoms with van der Waals surface area (Å²) in [5.74, 6) is 0. The molecule has 20 heavy (non-hydrogen) atoms. The predicted octanol–water partition coefficient (Wildman–Crippen LogP) is 2.46. The van der Waals surface area contributed by atoms with Crippen LogP contribution in [0.15, 0.2) is 24.3 Å². The number of hydrogen-bond donors (Lipinski definition) is 1.